The zero-order valence-electron chi connectivity index (χ0n) is 9.04. The number of fused-ring (bicyclic) bond motifs is 1. The molecule has 0 bridgehead atoms. The van der Waals surface area contributed by atoms with Gasteiger partial charge in [-0.2, -0.15) is 0 Å². The fraction of sp³-hybridized carbons (Fsp3) is 0.917. The van der Waals surface area contributed by atoms with E-state index in [-0.39, 0.29) is 5.54 Å². The van der Waals surface area contributed by atoms with Crippen LogP contribution in [0.25, 0.3) is 0 Å². The molecule has 15 heavy (non-hydrogen) atoms. The molecule has 0 saturated heterocycles. The Bertz CT molecular complexity index is 287. The lowest BCUT2D eigenvalue weighted by atomic mass is 9.78. The Morgan fingerprint density at radius 3 is 2.87 bits per heavy atom. The fourth-order valence-electron chi connectivity index (χ4n) is 3.46. The molecule has 3 heteroatoms. The van der Waals surface area contributed by atoms with Gasteiger partial charge in [0.1, 0.15) is 0 Å². The van der Waals surface area contributed by atoms with Crippen molar-refractivity contribution in [2.75, 3.05) is 0 Å². The molecule has 0 aliphatic heterocycles. The molecule has 3 saturated carbocycles. The van der Waals surface area contributed by atoms with Gasteiger partial charge in [-0.3, -0.25) is 4.79 Å². The van der Waals surface area contributed by atoms with E-state index in [1.165, 1.54) is 32.1 Å². The summed E-state index contributed by atoms with van der Waals surface area (Å²) >= 11 is 0. The highest BCUT2D eigenvalue weighted by molar-refractivity contribution is 5.68. The third-order valence-corrected chi connectivity index (χ3v) is 4.37. The van der Waals surface area contributed by atoms with Crippen LogP contribution in [-0.4, -0.2) is 22.7 Å². The predicted octanol–water partition coefficient (Wildman–Crippen LogP) is 1.77. The minimum atomic E-state index is -0.629. The van der Waals surface area contributed by atoms with E-state index >= 15 is 0 Å². The van der Waals surface area contributed by atoms with Gasteiger partial charge >= 0.3 is 5.97 Å². The number of carboxylic acids is 1. The van der Waals surface area contributed by atoms with Gasteiger partial charge in [0.15, 0.2) is 0 Å². The molecular formula is C12H19NO2. The van der Waals surface area contributed by atoms with Crippen LogP contribution >= 0.6 is 0 Å². The van der Waals surface area contributed by atoms with Crippen molar-refractivity contribution in [3.8, 4) is 0 Å². The quantitative estimate of drug-likeness (QED) is 0.742. The molecule has 0 radical (unpaired) electrons. The molecule has 3 fully saturated rings. The lowest BCUT2D eigenvalue weighted by Gasteiger charge is -2.37. The minimum Gasteiger partial charge on any atom is -0.481 e. The Balaban J connectivity index is 1.75. The van der Waals surface area contributed by atoms with Crippen LogP contribution in [0.4, 0.5) is 0 Å². The van der Waals surface area contributed by atoms with Crippen molar-refractivity contribution in [3.63, 3.8) is 0 Å². The number of aliphatic carboxylic acids is 1. The highest BCUT2D eigenvalue weighted by Crippen LogP contribution is 2.56. The summed E-state index contributed by atoms with van der Waals surface area (Å²) in [6.45, 7) is 0. The molecule has 0 aromatic rings. The number of nitrogens with one attached hydrogen (secondary N) is 1. The van der Waals surface area contributed by atoms with Crippen molar-refractivity contribution in [1.29, 1.82) is 0 Å². The number of rotatable bonds is 4. The molecule has 0 heterocycles. The Labute approximate surface area is 90.2 Å². The second-order valence-corrected chi connectivity index (χ2v) is 5.64. The smallest absolute Gasteiger partial charge is 0.305 e. The average Bonchev–Trinajstić information content (AvgIpc) is 2.93. The van der Waals surface area contributed by atoms with Gasteiger partial charge in [-0.1, -0.05) is 12.8 Å². The lowest BCUT2D eigenvalue weighted by Crippen LogP contribution is -2.51. The Hall–Kier alpha value is -0.570. The summed E-state index contributed by atoms with van der Waals surface area (Å²) < 4.78 is 0. The molecule has 3 aliphatic rings. The largest absolute Gasteiger partial charge is 0.481 e. The Morgan fingerprint density at radius 1 is 1.40 bits per heavy atom. The minimum absolute atomic E-state index is 0.0318. The summed E-state index contributed by atoms with van der Waals surface area (Å²) in [5, 5.41) is 12.7. The fourth-order valence-corrected chi connectivity index (χ4v) is 3.46. The number of carboxylic acid groups (broad SMARTS) is 1. The molecule has 3 nitrogen and oxygen atoms in total. The van der Waals surface area contributed by atoms with E-state index < -0.39 is 5.97 Å². The highest BCUT2D eigenvalue weighted by Gasteiger charge is 2.56. The van der Waals surface area contributed by atoms with E-state index in [2.05, 4.69) is 5.32 Å². The van der Waals surface area contributed by atoms with Gasteiger partial charge in [-0.15, -0.1) is 0 Å². The lowest BCUT2D eigenvalue weighted by molar-refractivity contribution is -0.139. The van der Waals surface area contributed by atoms with Crippen LogP contribution < -0.4 is 5.32 Å². The van der Waals surface area contributed by atoms with Gasteiger partial charge in [0.05, 0.1) is 6.42 Å². The van der Waals surface area contributed by atoms with Crippen LogP contribution in [-0.2, 0) is 4.79 Å². The first-order chi connectivity index (χ1) is 7.20. The second-order valence-electron chi connectivity index (χ2n) is 5.64. The molecule has 0 spiro atoms. The standard InChI is InChI=1S/C12H19NO2/c14-11(15)7-12(13-9-3-4-9)5-1-2-8-6-10(8)12/h8-10,13H,1-7H2,(H,14,15). The van der Waals surface area contributed by atoms with E-state index in [0.717, 1.165) is 12.3 Å². The van der Waals surface area contributed by atoms with Crippen LogP contribution in [0, 0.1) is 11.8 Å². The van der Waals surface area contributed by atoms with Crippen LogP contribution in [0.2, 0.25) is 0 Å². The highest BCUT2D eigenvalue weighted by atomic mass is 16.4. The molecule has 84 valence electrons. The first-order valence-corrected chi connectivity index (χ1v) is 6.19. The van der Waals surface area contributed by atoms with Crippen LogP contribution in [0.5, 0.6) is 0 Å². The van der Waals surface area contributed by atoms with Crippen LogP contribution in [0.15, 0.2) is 0 Å². The normalized spacial score (nSPS) is 43.5. The molecule has 0 aromatic carbocycles. The summed E-state index contributed by atoms with van der Waals surface area (Å²) in [6, 6.07) is 0.628. The molecule has 3 rings (SSSR count). The summed E-state index contributed by atoms with van der Waals surface area (Å²) in [5.41, 5.74) is -0.0318. The SMILES string of the molecule is O=C(O)CC1(NC2CC2)CCCC2CC21. The molecule has 0 aromatic heterocycles. The maximum atomic E-state index is 11.0. The first kappa shape index (κ1) is 9.64. The third kappa shape index (κ3) is 1.78. The van der Waals surface area contributed by atoms with Gasteiger partial charge in [-0.05, 0) is 37.5 Å². The summed E-state index contributed by atoms with van der Waals surface area (Å²) in [7, 11) is 0. The van der Waals surface area contributed by atoms with Gasteiger partial charge in [0.25, 0.3) is 0 Å². The topological polar surface area (TPSA) is 49.3 Å². The van der Waals surface area contributed by atoms with Gasteiger partial charge < -0.3 is 10.4 Å². The van der Waals surface area contributed by atoms with Crippen molar-refractivity contribution >= 4 is 5.97 Å². The number of hydrogen-bond acceptors (Lipinski definition) is 2. The molecule has 3 aliphatic carbocycles. The maximum Gasteiger partial charge on any atom is 0.305 e. The van der Waals surface area contributed by atoms with Crippen LogP contribution in [0.1, 0.15) is 44.9 Å². The Morgan fingerprint density at radius 2 is 2.20 bits per heavy atom. The van der Waals surface area contributed by atoms with Gasteiger partial charge in [0, 0.05) is 11.6 Å². The van der Waals surface area contributed by atoms with E-state index in [9.17, 15) is 4.79 Å². The van der Waals surface area contributed by atoms with E-state index in [1.807, 2.05) is 0 Å². The predicted molar refractivity (Wildman–Crippen MR) is 56.6 cm³/mol. The zero-order valence-corrected chi connectivity index (χ0v) is 9.04. The molecule has 2 N–H and O–H groups in total. The molecule has 3 atom stereocenters. The monoisotopic (exact) mass is 209 g/mol. The molecule has 3 unspecified atom stereocenters. The summed E-state index contributed by atoms with van der Waals surface area (Å²) in [4.78, 5) is 11.0. The van der Waals surface area contributed by atoms with Gasteiger partial charge in [0.2, 0.25) is 0 Å². The molecular weight excluding hydrogens is 190 g/mol. The van der Waals surface area contributed by atoms with Crippen molar-refractivity contribution < 1.29 is 9.90 Å². The Kier molecular flexibility index (Phi) is 2.06. The van der Waals surface area contributed by atoms with Crippen molar-refractivity contribution in [1.82, 2.24) is 5.32 Å². The average molecular weight is 209 g/mol. The summed E-state index contributed by atoms with van der Waals surface area (Å²) in [5.74, 6) is 0.878. The van der Waals surface area contributed by atoms with Crippen molar-refractivity contribution in [2.45, 2.75) is 56.5 Å². The maximum absolute atomic E-state index is 11.0. The number of carbonyl (C=O) groups is 1. The summed E-state index contributed by atoms with van der Waals surface area (Å²) in [6.07, 6.45) is 7.73. The van der Waals surface area contributed by atoms with E-state index in [0.29, 0.717) is 18.4 Å². The second kappa shape index (κ2) is 3.21. The van der Waals surface area contributed by atoms with Crippen molar-refractivity contribution in [2.24, 2.45) is 11.8 Å². The van der Waals surface area contributed by atoms with Crippen molar-refractivity contribution in [3.05, 3.63) is 0 Å². The van der Waals surface area contributed by atoms with E-state index in [1.54, 1.807) is 0 Å². The number of hydrogen-bond donors (Lipinski definition) is 2. The van der Waals surface area contributed by atoms with E-state index in [4.69, 9.17) is 5.11 Å². The van der Waals surface area contributed by atoms with Gasteiger partial charge in [-0.25, -0.2) is 0 Å². The third-order valence-electron chi connectivity index (χ3n) is 4.37. The molecule has 0 amide bonds. The zero-order chi connectivity index (χ0) is 10.5. The van der Waals surface area contributed by atoms with Crippen LogP contribution in [0.3, 0.4) is 0 Å². The first-order valence-electron chi connectivity index (χ1n) is 6.19.